The highest BCUT2D eigenvalue weighted by molar-refractivity contribution is 9.10. The van der Waals surface area contributed by atoms with E-state index in [0.717, 1.165) is 15.5 Å². The maximum absolute atomic E-state index is 9.78. The van der Waals surface area contributed by atoms with Crippen molar-refractivity contribution in [2.24, 2.45) is 12.0 Å². The zero-order valence-electron chi connectivity index (χ0n) is 11.1. The molecule has 0 amide bonds. The number of benzene rings is 2. The van der Waals surface area contributed by atoms with Crippen molar-refractivity contribution in [3.8, 4) is 5.75 Å². The van der Waals surface area contributed by atoms with Crippen LogP contribution in [0.15, 0.2) is 45.9 Å². The number of phenolic OH excluding ortho intramolecular Hbond substituents is 1. The first kappa shape index (κ1) is 14.1. The van der Waals surface area contributed by atoms with E-state index < -0.39 is 0 Å². The molecule has 0 fully saturated rings. The molecule has 3 rings (SSSR count). The lowest BCUT2D eigenvalue weighted by Gasteiger charge is -1.99. The largest absolute Gasteiger partial charge is 0.507 e. The number of fused-ring (bicyclic) bond motifs is 1. The zero-order chi connectivity index (χ0) is 15.0. The van der Waals surface area contributed by atoms with Crippen LogP contribution in [0.4, 0.5) is 5.95 Å². The summed E-state index contributed by atoms with van der Waals surface area (Å²) in [7, 11) is 1.90. The summed E-state index contributed by atoms with van der Waals surface area (Å²) in [5.74, 6) is 0.687. The number of phenols is 1. The number of aromatic hydroxyl groups is 1. The topological polar surface area (TPSA) is 50.4 Å². The van der Waals surface area contributed by atoms with E-state index in [1.807, 2.05) is 29.8 Å². The van der Waals surface area contributed by atoms with Crippen molar-refractivity contribution in [3.05, 3.63) is 51.5 Å². The Morgan fingerprint density at radius 1 is 1.29 bits per heavy atom. The molecule has 1 N–H and O–H groups in total. The lowest BCUT2D eigenvalue weighted by molar-refractivity contribution is 0.474. The molecule has 3 aromatic rings. The minimum Gasteiger partial charge on any atom is -0.507 e. The molecule has 6 heteroatoms. The average molecular weight is 365 g/mol. The van der Waals surface area contributed by atoms with Crippen molar-refractivity contribution in [2.45, 2.75) is 0 Å². The smallest absolute Gasteiger partial charge is 0.230 e. The molecule has 0 aliphatic rings. The molecule has 0 saturated heterocycles. The Morgan fingerprint density at radius 2 is 2.10 bits per heavy atom. The van der Waals surface area contributed by atoms with Crippen molar-refractivity contribution in [1.29, 1.82) is 0 Å². The second-order valence-corrected chi connectivity index (χ2v) is 5.92. The van der Waals surface area contributed by atoms with Crippen LogP contribution in [0, 0.1) is 0 Å². The lowest BCUT2D eigenvalue weighted by atomic mass is 10.2. The number of hydrogen-bond acceptors (Lipinski definition) is 3. The van der Waals surface area contributed by atoms with Crippen molar-refractivity contribution in [2.75, 3.05) is 0 Å². The van der Waals surface area contributed by atoms with Gasteiger partial charge in [0.1, 0.15) is 5.75 Å². The quantitative estimate of drug-likeness (QED) is 0.683. The molecular weight excluding hydrogens is 354 g/mol. The number of rotatable bonds is 2. The first-order chi connectivity index (χ1) is 10.0. The third-order valence-corrected chi connectivity index (χ3v) is 3.86. The Morgan fingerprint density at radius 3 is 2.90 bits per heavy atom. The van der Waals surface area contributed by atoms with Gasteiger partial charge in [0.25, 0.3) is 0 Å². The molecule has 0 bridgehead atoms. The molecule has 0 saturated carbocycles. The third kappa shape index (κ3) is 2.80. The van der Waals surface area contributed by atoms with Gasteiger partial charge in [-0.05, 0) is 36.4 Å². The number of aromatic nitrogens is 2. The molecule has 106 valence electrons. The molecule has 21 heavy (non-hydrogen) atoms. The van der Waals surface area contributed by atoms with Crippen LogP contribution in [-0.4, -0.2) is 20.9 Å². The maximum atomic E-state index is 9.78. The average Bonchev–Trinajstić information content (AvgIpc) is 2.76. The molecule has 2 aromatic carbocycles. The number of aliphatic imine (C=N–C) groups is 1. The number of hydrogen-bond donors (Lipinski definition) is 1. The molecule has 0 unspecified atom stereocenters. The van der Waals surface area contributed by atoms with Crippen LogP contribution in [0.5, 0.6) is 5.75 Å². The minimum absolute atomic E-state index is 0.129. The van der Waals surface area contributed by atoms with E-state index in [4.69, 9.17) is 11.6 Å². The fourth-order valence-corrected chi connectivity index (χ4v) is 2.55. The number of halogens is 2. The Labute approximate surface area is 134 Å². The van der Waals surface area contributed by atoms with Gasteiger partial charge in [-0.15, -0.1) is 0 Å². The Balaban J connectivity index is 2.03. The van der Waals surface area contributed by atoms with Crippen LogP contribution in [0.25, 0.3) is 11.0 Å². The van der Waals surface area contributed by atoms with E-state index in [2.05, 4.69) is 25.9 Å². The summed E-state index contributed by atoms with van der Waals surface area (Å²) < 4.78 is 2.87. The number of imidazole rings is 1. The summed E-state index contributed by atoms with van der Waals surface area (Å²) in [5.41, 5.74) is 2.39. The SMILES string of the molecule is Cn1c(/N=C/c2cc(Cl)ccc2O)nc2ccc(Br)cc21. The van der Waals surface area contributed by atoms with Crippen LogP contribution in [0.2, 0.25) is 5.02 Å². The van der Waals surface area contributed by atoms with Crippen molar-refractivity contribution < 1.29 is 5.11 Å². The standard InChI is InChI=1S/C15H11BrClN3O/c1-20-13-7-10(16)2-4-12(13)19-15(20)18-8-9-6-11(17)3-5-14(9)21/h2-8,21H,1H3/b18-8+. The first-order valence-electron chi connectivity index (χ1n) is 6.19. The predicted octanol–water partition coefficient (Wildman–Crippen LogP) is 4.45. The predicted molar refractivity (Wildman–Crippen MR) is 88.8 cm³/mol. The number of nitrogens with zero attached hydrogens (tertiary/aromatic N) is 3. The van der Waals surface area contributed by atoms with Crippen LogP contribution in [0.3, 0.4) is 0 Å². The van der Waals surface area contributed by atoms with Gasteiger partial charge in [-0.2, -0.15) is 0 Å². The van der Waals surface area contributed by atoms with Crippen LogP contribution in [-0.2, 0) is 7.05 Å². The summed E-state index contributed by atoms with van der Waals surface area (Å²) in [6.07, 6.45) is 1.55. The molecule has 0 spiro atoms. The summed E-state index contributed by atoms with van der Waals surface area (Å²) in [6.45, 7) is 0. The van der Waals surface area contributed by atoms with Gasteiger partial charge in [0.2, 0.25) is 5.95 Å². The normalized spacial score (nSPS) is 11.6. The monoisotopic (exact) mass is 363 g/mol. The van der Waals surface area contributed by atoms with E-state index in [9.17, 15) is 5.11 Å². The summed E-state index contributed by atoms with van der Waals surface area (Å²) >= 11 is 9.35. The second kappa shape index (κ2) is 5.50. The van der Waals surface area contributed by atoms with Gasteiger partial charge in [0.15, 0.2) is 0 Å². The molecule has 0 aliphatic heterocycles. The highest BCUT2D eigenvalue weighted by Crippen LogP contribution is 2.25. The highest BCUT2D eigenvalue weighted by atomic mass is 79.9. The van der Waals surface area contributed by atoms with Gasteiger partial charge in [0, 0.05) is 28.3 Å². The number of aryl methyl sites for hydroxylation is 1. The van der Waals surface area contributed by atoms with Crippen LogP contribution in [0.1, 0.15) is 5.56 Å². The Kier molecular flexibility index (Phi) is 3.69. The highest BCUT2D eigenvalue weighted by Gasteiger charge is 2.07. The van der Waals surface area contributed by atoms with Crippen molar-refractivity contribution in [3.63, 3.8) is 0 Å². The molecule has 0 aliphatic carbocycles. The fraction of sp³-hybridized carbons (Fsp3) is 0.0667. The third-order valence-electron chi connectivity index (χ3n) is 3.13. The van der Waals surface area contributed by atoms with E-state index >= 15 is 0 Å². The molecule has 1 aromatic heterocycles. The summed E-state index contributed by atoms with van der Waals surface area (Å²) in [5, 5.41) is 10.3. The fourth-order valence-electron chi connectivity index (χ4n) is 2.02. The second-order valence-electron chi connectivity index (χ2n) is 4.57. The van der Waals surface area contributed by atoms with Gasteiger partial charge in [-0.3, -0.25) is 0 Å². The summed E-state index contributed by atoms with van der Waals surface area (Å²) in [4.78, 5) is 8.79. The maximum Gasteiger partial charge on any atom is 0.230 e. The van der Waals surface area contributed by atoms with Gasteiger partial charge in [-0.25, -0.2) is 9.98 Å². The minimum atomic E-state index is 0.129. The molecular formula is C15H11BrClN3O. The van der Waals surface area contributed by atoms with E-state index in [1.165, 1.54) is 6.07 Å². The first-order valence-corrected chi connectivity index (χ1v) is 7.36. The zero-order valence-corrected chi connectivity index (χ0v) is 13.4. The van der Waals surface area contributed by atoms with Crippen molar-refractivity contribution in [1.82, 2.24) is 9.55 Å². The molecule has 0 radical (unpaired) electrons. The van der Waals surface area contributed by atoms with Gasteiger partial charge in [-0.1, -0.05) is 27.5 Å². The van der Waals surface area contributed by atoms with Gasteiger partial charge in [0.05, 0.1) is 11.0 Å². The van der Waals surface area contributed by atoms with E-state index in [0.29, 0.717) is 16.5 Å². The Hall–Kier alpha value is -1.85. The van der Waals surface area contributed by atoms with Gasteiger partial charge >= 0.3 is 0 Å². The molecule has 1 heterocycles. The van der Waals surface area contributed by atoms with Gasteiger partial charge < -0.3 is 9.67 Å². The van der Waals surface area contributed by atoms with Crippen LogP contribution < -0.4 is 0 Å². The molecule has 0 atom stereocenters. The lowest BCUT2D eigenvalue weighted by Crippen LogP contribution is -1.88. The molecule has 4 nitrogen and oxygen atoms in total. The van der Waals surface area contributed by atoms with Crippen LogP contribution >= 0.6 is 27.5 Å². The van der Waals surface area contributed by atoms with Crippen molar-refractivity contribution >= 4 is 50.7 Å². The van der Waals surface area contributed by atoms with E-state index in [-0.39, 0.29) is 5.75 Å². The Bertz CT molecular complexity index is 857. The van der Waals surface area contributed by atoms with E-state index in [1.54, 1.807) is 18.3 Å². The summed E-state index contributed by atoms with van der Waals surface area (Å²) in [6, 6.07) is 10.7.